The summed E-state index contributed by atoms with van der Waals surface area (Å²) < 4.78 is 5.66. The first-order valence-electron chi connectivity index (χ1n) is 7.15. The van der Waals surface area contributed by atoms with E-state index in [1.54, 1.807) is 0 Å². The molecule has 19 heavy (non-hydrogen) atoms. The summed E-state index contributed by atoms with van der Waals surface area (Å²) in [5, 5.41) is 3.52. The molecule has 0 aliphatic carbocycles. The molecule has 0 aromatic carbocycles. The van der Waals surface area contributed by atoms with Crippen LogP contribution in [0.4, 0.5) is 0 Å². The molecule has 0 spiro atoms. The minimum atomic E-state index is 0.141. The van der Waals surface area contributed by atoms with E-state index in [1.165, 1.54) is 5.56 Å². The largest absolute Gasteiger partial charge is 0.468 e. The lowest BCUT2D eigenvalue weighted by molar-refractivity contribution is 0.139. The molecule has 1 fully saturated rings. The SMILES string of the molecule is CN1CCN(Cc2occc2CNC(C)(C)C)CC1. The average molecular weight is 265 g/mol. The Morgan fingerprint density at radius 3 is 2.53 bits per heavy atom. The molecule has 1 aliphatic heterocycles. The predicted octanol–water partition coefficient (Wildman–Crippen LogP) is 1.92. The molecule has 1 N–H and O–H groups in total. The molecular formula is C15H27N3O. The van der Waals surface area contributed by atoms with Gasteiger partial charge in [0.25, 0.3) is 0 Å². The van der Waals surface area contributed by atoms with Gasteiger partial charge in [0.15, 0.2) is 0 Å². The average Bonchev–Trinajstić information content (AvgIpc) is 2.76. The number of piperazine rings is 1. The third kappa shape index (κ3) is 4.64. The van der Waals surface area contributed by atoms with Gasteiger partial charge in [0, 0.05) is 43.8 Å². The summed E-state index contributed by atoms with van der Waals surface area (Å²) in [6.07, 6.45) is 1.81. The van der Waals surface area contributed by atoms with Crippen LogP contribution in [0.15, 0.2) is 16.7 Å². The van der Waals surface area contributed by atoms with E-state index < -0.39 is 0 Å². The number of hydrogen-bond acceptors (Lipinski definition) is 4. The lowest BCUT2D eigenvalue weighted by Crippen LogP contribution is -2.44. The fraction of sp³-hybridized carbons (Fsp3) is 0.733. The van der Waals surface area contributed by atoms with Gasteiger partial charge in [-0.05, 0) is 33.9 Å². The van der Waals surface area contributed by atoms with Crippen LogP contribution in [0.25, 0.3) is 0 Å². The minimum Gasteiger partial charge on any atom is -0.468 e. The number of rotatable bonds is 4. The van der Waals surface area contributed by atoms with E-state index in [1.807, 2.05) is 6.26 Å². The van der Waals surface area contributed by atoms with Crippen molar-refractivity contribution >= 4 is 0 Å². The first-order valence-corrected chi connectivity index (χ1v) is 7.15. The zero-order valence-corrected chi connectivity index (χ0v) is 12.7. The van der Waals surface area contributed by atoms with Gasteiger partial charge in [0.05, 0.1) is 12.8 Å². The summed E-state index contributed by atoms with van der Waals surface area (Å²) in [6, 6.07) is 2.09. The van der Waals surface area contributed by atoms with Crippen molar-refractivity contribution in [1.29, 1.82) is 0 Å². The molecule has 4 heteroatoms. The summed E-state index contributed by atoms with van der Waals surface area (Å²) in [5.41, 5.74) is 1.43. The highest BCUT2D eigenvalue weighted by Gasteiger charge is 2.18. The van der Waals surface area contributed by atoms with Crippen molar-refractivity contribution in [3.05, 3.63) is 23.7 Å². The number of furan rings is 1. The molecule has 1 saturated heterocycles. The lowest BCUT2D eigenvalue weighted by atomic mass is 10.1. The second-order valence-corrected chi connectivity index (χ2v) is 6.55. The molecule has 2 rings (SSSR count). The van der Waals surface area contributed by atoms with Crippen molar-refractivity contribution in [2.45, 2.75) is 39.4 Å². The van der Waals surface area contributed by atoms with Gasteiger partial charge in [-0.15, -0.1) is 0 Å². The van der Waals surface area contributed by atoms with E-state index in [2.05, 4.69) is 49.0 Å². The van der Waals surface area contributed by atoms with Crippen LogP contribution in [-0.4, -0.2) is 48.6 Å². The van der Waals surface area contributed by atoms with Crippen LogP contribution in [0.2, 0.25) is 0 Å². The molecule has 2 heterocycles. The van der Waals surface area contributed by atoms with E-state index in [9.17, 15) is 0 Å². The fourth-order valence-electron chi connectivity index (χ4n) is 2.23. The van der Waals surface area contributed by atoms with Crippen LogP contribution in [0, 0.1) is 0 Å². The van der Waals surface area contributed by atoms with Crippen LogP contribution in [0.1, 0.15) is 32.1 Å². The number of nitrogens with zero attached hydrogens (tertiary/aromatic N) is 2. The predicted molar refractivity (Wildman–Crippen MR) is 78.1 cm³/mol. The van der Waals surface area contributed by atoms with Crippen LogP contribution in [0.3, 0.4) is 0 Å². The molecule has 1 aromatic rings. The van der Waals surface area contributed by atoms with E-state index in [0.29, 0.717) is 0 Å². The summed E-state index contributed by atoms with van der Waals surface area (Å²) in [4.78, 5) is 4.85. The maximum Gasteiger partial charge on any atom is 0.122 e. The molecule has 0 radical (unpaired) electrons. The quantitative estimate of drug-likeness (QED) is 0.901. The number of likely N-dealkylation sites (N-methyl/N-ethyl adjacent to an activating group) is 1. The Morgan fingerprint density at radius 2 is 1.89 bits per heavy atom. The summed E-state index contributed by atoms with van der Waals surface area (Å²) in [7, 11) is 2.18. The molecule has 1 aromatic heterocycles. The zero-order valence-electron chi connectivity index (χ0n) is 12.7. The second-order valence-electron chi connectivity index (χ2n) is 6.55. The molecule has 0 atom stereocenters. The lowest BCUT2D eigenvalue weighted by Gasteiger charge is -2.32. The van der Waals surface area contributed by atoms with E-state index in [4.69, 9.17) is 4.42 Å². The zero-order chi connectivity index (χ0) is 13.9. The normalized spacial score (nSPS) is 18.9. The Kier molecular flexibility index (Phi) is 4.66. The van der Waals surface area contributed by atoms with Crippen LogP contribution >= 0.6 is 0 Å². The fourth-order valence-corrected chi connectivity index (χ4v) is 2.23. The van der Waals surface area contributed by atoms with E-state index in [0.717, 1.165) is 45.0 Å². The van der Waals surface area contributed by atoms with Gasteiger partial charge in [0.1, 0.15) is 5.76 Å². The second kappa shape index (κ2) is 6.07. The Balaban J connectivity index is 1.88. The monoisotopic (exact) mass is 265 g/mol. The van der Waals surface area contributed by atoms with Gasteiger partial charge in [-0.25, -0.2) is 0 Å². The maximum atomic E-state index is 5.66. The minimum absolute atomic E-state index is 0.141. The van der Waals surface area contributed by atoms with Crippen molar-refractivity contribution < 1.29 is 4.42 Å². The number of hydrogen-bond donors (Lipinski definition) is 1. The topological polar surface area (TPSA) is 31.6 Å². The highest BCUT2D eigenvalue weighted by atomic mass is 16.3. The first kappa shape index (κ1) is 14.6. The molecular weight excluding hydrogens is 238 g/mol. The van der Waals surface area contributed by atoms with Crippen molar-refractivity contribution in [2.75, 3.05) is 33.2 Å². The molecule has 108 valence electrons. The smallest absolute Gasteiger partial charge is 0.122 e. The standard InChI is InChI=1S/C15H27N3O/c1-15(2,3)16-11-13-5-10-19-14(13)12-18-8-6-17(4)7-9-18/h5,10,16H,6-9,11-12H2,1-4H3. The highest BCUT2D eigenvalue weighted by Crippen LogP contribution is 2.15. The summed E-state index contributed by atoms with van der Waals surface area (Å²) >= 11 is 0. The molecule has 0 amide bonds. The van der Waals surface area contributed by atoms with Gasteiger partial charge in [-0.3, -0.25) is 4.90 Å². The van der Waals surface area contributed by atoms with Gasteiger partial charge in [0.2, 0.25) is 0 Å². The Hall–Kier alpha value is -0.840. The summed E-state index contributed by atoms with van der Waals surface area (Å²) in [6.45, 7) is 12.9. The molecule has 0 bridgehead atoms. The number of nitrogens with one attached hydrogen (secondary N) is 1. The van der Waals surface area contributed by atoms with Gasteiger partial charge >= 0.3 is 0 Å². The van der Waals surface area contributed by atoms with Gasteiger partial charge in [-0.1, -0.05) is 0 Å². The third-order valence-electron chi connectivity index (χ3n) is 3.61. The summed E-state index contributed by atoms with van der Waals surface area (Å²) in [5.74, 6) is 1.11. The van der Waals surface area contributed by atoms with Crippen LogP contribution in [-0.2, 0) is 13.1 Å². The van der Waals surface area contributed by atoms with Crippen molar-refractivity contribution in [3.63, 3.8) is 0 Å². The van der Waals surface area contributed by atoms with E-state index >= 15 is 0 Å². The van der Waals surface area contributed by atoms with Crippen LogP contribution < -0.4 is 5.32 Å². The maximum absolute atomic E-state index is 5.66. The van der Waals surface area contributed by atoms with Crippen LogP contribution in [0.5, 0.6) is 0 Å². The van der Waals surface area contributed by atoms with Crippen molar-refractivity contribution in [3.8, 4) is 0 Å². The first-order chi connectivity index (χ1) is 8.94. The van der Waals surface area contributed by atoms with Gasteiger partial charge < -0.3 is 14.6 Å². The molecule has 0 unspecified atom stereocenters. The molecule has 0 saturated carbocycles. The Bertz CT molecular complexity index is 386. The van der Waals surface area contributed by atoms with E-state index in [-0.39, 0.29) is 5.54 Å². The Labute approximate surface area is 116 Å². The molecule has 1 aliphatic rings. The van der Waals surface area contributed by atoms with Crippen molar-refractivity contribution in [1.82, 2.24) is 15.1 Å². The highest BCUT2D eigenvalue weighted by molar-refractivity contribution is 5.17. The van der Waals surface area contributed by atoms with Gasteiger partial charge in [-0.2, -0.15) is 0 Å². The molecule has 4 nitrogen and oxygen atoms in total. The Morgan fingerprint density at radius 1 is 1.21 bits per heavy atom. The third-order valence-corrected chi connectivity index (χ3v) is 3.61. The van der Waals surface area contributed by atoms with Crippen molar-refractivity contribution in [2.24, 2.45) is 0 Å².